The minimum absolute atomic E-state index is 0.0648. The highest BCUT2D eigenvalue weighted by atomic mass is 16.1. The van der Waals surface area contributed by atoms with E-state index >= 15 is 0 Å². The number of benzene rings is 1. The van der Waals surface area contributed by atoms with Crippen LogP contribution in [0.3, 0.4) is 0 Å². The van der Waals surface area contributed by atoms with Gasteiger partial charge in [0.05, 0.1) is 11.7 Å². The summed E-state index contributed by atoms with van der Waals surface area (Å²) in [6.45, 7) is 5.97. The molecule has 0 aliphatic rings. The van der Waals surface area contributed by atoms with Gasteiger partial charge in [0.1, 0.15) is 0 Å². The molecular formula is C14H20N4O. The van der Waals surface area contributed by atoms with E-state index in [1.807, 2.05) is 36.0 Å². The van der Waals surface area contributed by atoms with Crippen molar-refractivity contribution >= 4 is 22.5 Å². The molecule has 102 valence electrons. The maximum absolute atomic E-state index is 11.7. The minimum Gasteiger partial charge on any atom is -0.327 e. The molecular weight excluding hydrogens is 240 g/mol. The molecule has 0 aliphatic heterocycles. The summed E-state index contributed by atoms with van der Waals surface area (Å²) in [6.07, 6.45) is 2.16. The number of hydrogen-bond acceptors (Lipinski definition) is 3. The molecule has 1 heterocycles. The minimum atomic E-state index is -0.134. The predicted octanol–water partition coefficient (Wildman–Crippen LogP) is 2.29. The number of hydrogen-bond donors (Lipinski definition) is 2. The third kappa shape index (κ3) is 3.12. The molecule has 2 aromatic rings. The van der Waals surface area contributed by atoms with E-state index < -0.39 is 0 Å². The first-order valence-electron chi connectivity index (χ1n) is 6.50. The summed E-state index contributed by atoms with van der Waals surface area (Å²) in [7, 11) is 0. The second-order valence-electron chi connectivity index (χ2n) is 5.19. The van der Waals surface area contributed by atoms with Gasteiger partial charge in [0.15, 0.2) is 0 Å². The molecule has 0 radical (unpaired) electrons. The Morgan fingerprint density at radius 2 is 2.16 bits per heavy atom. The number of carbonyl (C=O) groups excluding carboxylic acids is 1. The van der Waals surface area contributed by atoms with E-state index in [0.29, 0.717) is 6.42 Å². The molecule has 1 unspecified atom stereocenters. The highest BCUT2D eigenvalue weighted by molar-refractivity contribution is 5.93. The number of aromatic nitrogens is 2. The summed E-state index contributed by atoms with van der Waals surface area (Å²) in [5.74, 6) is -0.0648. The van der Waals surface area contributed by atoms with Gasteiger partial charge in [-0.2, -0.15) is 5.10 Å². The molecule has 1 atom stereocenters. The van der Waals surface area contributed by atoms with Gasteiger partial charge in [0.2, 0.25) is 5.91 Å². The fourth-order valence-electron chi connectivity index (χ4n) is 2.03. The van der Waals surface area contributed by atoms with Crippen molar-refractivity contribution in [3.63, 3.8) is 0 Å². The largest absolute Gasteiger partial charge is 0.327 e. The van der Waals surface area contributed by atoms with E-state index in [2.05, 4.69) is 24.3 Å². The third-order valence-corrected chi connectivity index (χ3v) is 2.88. The van der Waals surface area contributed by atoms with Crippen molar-refractivity contribution < 1.29 is 4.79 Å². The molecule has 1 aromatic carbocycles. The van der Waals surface area contributed by atoms with Crippen molar-refractivity contribution in [2.24, 2.45) is 5.73 Å². The monoisotopic (exact) mass is 260 g/mol. The molecule has 0 bridgehead atoms. The second kappa shape index (κ2) is 5.40. The molecule has 3 N–H and O–H groups in total. The highest BCUT2D eigenvalue weighted by Gasteiger charge is 2.09. The lowest BCUT2D eigenvalue weighted by Gasteiger charge is -2.10. The van der Waals surface area contributed by atoms with Crippen LogP contribution < -0.4 is 11.1 Å². The SMILES string of the molecule is CC(N)CC(=O)Nc1ccc2cnn(C(C)C)c2c1. The summed E-state index contributed by atoms with van der Waals surface area (Å²) in [6, 6.07) is 5.94. The van der Waals surface area contributed by atoms with Crippen LogP contribution in [-0.4, -0.2) is 21.7 Å². The summed E-state index contributed by atoms with van der Waals surface area (Å²) in [5.41, 5.74) is 7.41. The van der Waals surface area contributed by atoms with E-state index in [1.54, 1.807) is 0 Å². The fourth-order valence-corrected chi connectivity index (χ4v) is 2.03. The standard InChI is InChI=1S/C14H20N4O/c1-9(2)18-13-7-12(5-4-11(13)8-16-18)17-14(19)6-10(3)15/h4-5,7-10H,6,15H2,1-3H3,(H,17,19). The number of rotatable bonds is 4. The van der Waals surface area contributed by atoms with Crippen LogP contribution in [0.1, 0.15) is 33.2 Å². The highest BCUT2D eigenvalue weighted by Crippen LogP contribution is 2.21. The van der Waals surface area contributed by atoms with Crippen LogP contribution >= 0.6 is 0 Å². The van der Waals surface area contributed by atoms with Crippen molar-refractivity contribution in [2.45, 2.75) is 39.3 Å². The molecule has 1 aromatic heterocycles. The first-order chi connectivity index (χ1) is 8.97. The number of fused-ring (bicyclic) bond motifs is 1. The van der Waals surface area contributed by atoms with Crippen LogP contribution in [0.5, 0.6) is 0 Å². The van der Waals surface area contributed by atoms with E-state index in [1.165, 1.54) is 0 Å². The van der Waals surface area contributed by atoms with Gasteiger partial charge in [-0.25, -0.2) is 0 Å². The van der Waals surface area contributed by atoms with Gasteiger partial charge >= 0.3 is 0 Å². The van der Waals surface area contributed by atoms with E-state index in [9.17, 15) is 4.79 Å². The summed E-state index contributed by atoms with van der Waals surface area (Å²) >= 11 is 0. The number of amides is 1. The number of nitrogens with zero attached hydrogens (tertiary/aromatic N) is 2. The molecule has 0 saturated heterocycles. The Morgan fingerprint density at radius 1 is 1.42 bits per heavy atom. The molecule has 0 fully saturated rings. The van der Waals surface area contributed by atoms with Crippen LogP contribution in [0.2, 0.25) is 0 Å². The Morgan fingerprint density at radius 3 is 2.79 bits per heavy atom. The molecule has 0 spiro atoms. The molecule has 1 amide bonds. The quantitative estimate of drug-likeness (QED) is 0.885. The summed E-state index contributed by atoms with van der Waals surface area (Å²) in [5, 5.41) is 8.28. The van der Waals surface area contributed by atoms with Crippen molar-refractivity contribution in [3.05, 3.63) is 24.4 Å². The molecule has 5 heteroatoms. The van der Waals surface area contributed by atoms with Gasteiger partial charge in [0.25, 0.3) is 0 Å². The lowest BCUT2D eigenvalue weighted by molar-refractivity contribution is -0.116. The van der Waals surface area contributed by atoms with Crippen LogP contribution in [-0.2, 0) is 4.79 Å². The predicted molar refractivity (Wildman–Crippen MR) is 77.0 cm³/mol. The van der Waals surface area contributed by atoms with E-state index in [0.717, 1.165) is 16.6 Å². The van der Waals surface area contributed by atoms with Crippen molar-refractivity contribution in [2.75, 3.05) is 5.32 Å². The molecule has 2 rings (SSSR count). The van der Waals surface area contributed by atoms with Crippen molar-refractivity contribution in [1.29, 1.82) is 0 Å². The van der Waals surface area contributed by atoms with Gasteiger partial charge in [-0.3, -0.25) is 9.48 Å². The molecule has 0 aliphatic carbocycles. The third-order valence-electron chi connectivity index (χ3n) is 2.88. The maximum atomic E-state index is 11.7. The van der Waals surface area contributed by atoms with Gasteiger partial charge in [-0.05, 0) is 39.0 Å². The number of carbonyl (C=O) groups is 1. The fraction of sp³-hybridized carbons (Fsp3) is 0.429. The van der Waals surface area contributed by atoms with Crippen LogP contribution in [0.25, 0.3) is 10.9 Å². The average Bonchev–Trinajstić information content (AvgIpc) is 2.70. The van der Waals surface area contributed by atoms with Gasteiger partial charge in [-0.1, -0.05) is 0 Å². The smallest absolute Gasteiger partial charge is 0.225 e. The van der Waals surface area contributed by atoms with Gasteiger partial charge in [-0.15, -0.1) is 0 Å². The zero-order valence-corrected chi connectivity index (χ0v) is 11.6. The number of anilines is 1. The average molecular weight is 260 g/mol. The summed E-state index contributed by atoms with van der Waals surface area (Å²) < 4.78 is 1.94. The molecule has 5 nitrogen and oxygen atoms in total. The topological polar surface area (TPSA) is 72.9 Å². The Bertz CT molecular complexity index is 586. The number of nitrogens with one attached hydrogen (secondary N) is 1. The lowest BCUT2D eigenvalue weighted by Crippen LogP contribution is -2.23. The van der Waals surface area contributed by atoms with Crippen molar-refractivity contribution in [1.82, 2.24) is 9.78 Å². The Kier molecular flexibility index (Phi) is 3.85. The second-order valence-corrected chi connectivity index (χ2v) is 5.19. The number of nitrogens with two attached hydrogens (primary N) is 1. The van der Waals surface area contributed by atoms with Crippen LogP contribution in [0, 0.1) is 0 Å². The maximum Gasteiger partial charge on any atom is 0.225 e. The Balaban J connectivity index is 2.25. The van der Waals surface area contributed by atoms with Crippen LogP contribution in [0.15, 0.2) is 24.4 Å². The first-order valence-corrected chi connectivity index (χ1v) is 6.50. The van der Waals surface area contributed by atoms with Crippen LogP contribution in [0.4, 0.5) is 5.69 Å². The first kappa shape index (κ1) is 13.5. The summed E-state index contributed by atoms with van der Waals surface area (Å²) in [4.78, 5) is 11.7. The van der Waals surface area contributed by atoms with Crippen molar-refractivity contribution in [3.8, 4) is 0 Å². The molecule has 0 saturated carbocycles. The Hall–Kier alpha value is -1.88. The van der Waals surface area contributed by atoms with E-state index in [-0.39, 0.29) is 18.0 Å². The normalized spacial score (nSPS) is 12.9. The zero-order valence-electron chi connectivity index (χ0n) is 11.6. The lowest BCUT2D eigenvalue weighted by atomic mass is 10.2. The van der Waals surface area contributed by atoms with E-state index in [4.69, 9.17) is 5.73 Å². The Labute approximate surface area is 112 Å². The zero-order chi connectivity index (χ0) is 14.0. The van der Waals surface area contributed by atoms with Gasteiger partial charge in [0, 0.05) is 29.6 Å². The van der Waals surface area contributed by atoms with Gasteiger partial charge < -0.3 is 11.1 Å². The molecule has 19 heavy (non-hydrogen) atoms.